The van der Waals surface area contributed by atoms with E-state index in [0.29, 0.717) is 30.1 Å². The van der Waals surface area contributed by atoms with Gasteiger partial charge in [0.25, 0.3) is 5.91 Å². The molecule has 154 valence electrons. The molecule has 1 aliphatic heterocycles. The maximum atomic E-state index is 12.7. The first-order valence-electron chi connectivity index (χ1n) is 10.3. The van der Waals surface area contributed by atoms with Gasteiger partial charge in [0.05, 0.1) is 11.6 Å². The van der Waals surface area contributed by atoms with E-state index in [4.69, 9.17) is 0 Å². The zero-order valence-corrected chi connectivity index (χ0v) is 16.6. The number of carbonyl (C=O) groups excluding carboxylic acids is 2. The van der Waals surface area contributed by atoms with E-state index in [-0.39, 0.29) is 30.0 Å². The Morgan fingerprint density at radius 2 is 1.93 bits per heavy atom. The van der Waals surface area contributed by atoms with Gasteiger partial charge in [-0.15, -0.1) is 0 Å². The first-order chi connectivity index (χ1) is 14.0. The van der Waals surface area contributed by atoms with Gasteiger partial charge in [0.15, 0.2) is 0 Å². The summed E-state index contributed by atoms with van der Waals surface area (Å²) in [6.07, 6.45) is 5.69. The number of hydrogen-bond donors (Lipinski definition) is 3. The van der Waals surface area contributed by atoms with Gasteiger partial charge in [-0.3, -0.25) is 9.59 Å². The van der Waals surface area contributed by atoms with Gasteiger partial charge in [-0.1, -0.05) is 6.07 Å². The molecule has 0 unspecified atom stereocenters. The average Bonchev–Trinajstić information content (AvgIpc) is 3.18. The van der Waals surface area contributed by atoms with Crippen LogP contribution in [0, 0.1) is 0 Å². The van der Waals surface area contributed by atoms with Crippen LogP contribution in [0.15, 0.2) is 24.4 Å². The number of anilines is 1. The smallest absolute Gasteiger partial charge is 0.251 e. The van der Waals surface area contributed by atoms with Gasteiger partial charge in [-0.25, -0.2) is 9.97 Å². The van der Waals surface area contributed by atoms with Gasteiger partial charge < -0.3 is 20.6 Å². The Balaban J connectivity index is 1.43. The van der Waals surface area contributed by atoms with Crippen molar-refractivity contribution in [1.29, 1.82) is 0 Å². The summed E-state index contributed by atoms with van der Waals surface area (Å²) in [5.74, 6) is 0.428. The van der Waals surface area contributed by atoms with Crippen LogP contribution in [-0.2, 0) is 4.79 Å². The second kappa shape index (κ2) is 8.32. The maximum Gasteiger partial charge on any atom is 0.251 e. The first kappa shape index (κ1) is 19.6. The van der Waals surface area contributed by atoms with Crippen molar-refractivity contribution in [3.8, 4) is 0 Å². The molecule has 1 saturated heterocycles. The van der Waals surface area contributed by atoms with Crippen LogP contribution in [-0.4, -0.2) is 63.1 Å². The monoisotopic (exact) mass is 397 g/mol. The summed E-state index contributed by atoms with van der Waals surface area (Å²) in [6, 6.07) is 5.63. The second-order valence-electron chi connectivity index (χ2n) is 8.04. The predicted molar refractivity (Wildman–Crippen MR) is 110 cm³/mol. The molecule has 1 aromatic carbocycles. The Bertz CT molecular complexity index is 910. The van der Waals surface area contributed by atoms with E-state index in [0.717, 1.165) is 37.5 Å². The largest absolute Gasteiger partial charge is 0.393 e. The summed E-state index contributed by atoms with van der Waals surface area (Å²) >= 11 is 0. The van der Waals surface area contributed by atoms with E-state index in [2.05, 4.69) is 20.6 Å². The average molecular weight is 397 g/mol. The minimum atomic E-state index is -0.200. The maximum absolute atomic E-state index is 12.7. The molecule has 0 spiro atoms. The van der Waals surface area contributed by atoms with Gasteiger partial charge in [0.2, 0.25) is 11.9 Å². The molecule has 0 radical (unpaired) electrons. The second-order valence-corrected chi connectivity index (χ2v) is 8.04. The highest BCUT2D eigenvalue weighted by Crippen LogP contribution is 2.22. The van der Waals surface area contributed by atoms with Gasteiger partial charge in [0, 0.05) is 49.2 Å². The van der Waals surface area contributed by atoms with E-state index in [1.165, 1.54) is 0 Å². The number of rotatable bonds is 4. The molecule has 0 bridgehead atoms. The Morgan fingerprint density at radius 3 is 2.66 bits per heavy atom. The van der Waals surface area contributed by atoms with E-state index in [1.807, 2.05) is 6.07 Å². The molecular weight excluding hydrogens is 370 g/mol. The lowest BCUT2D eigenvalue weighted by Gasteiger charge is -2.26. The van der Waals surface area contributed by atoms with E-state index in [9.17, 15) is 14.7 Å². The van der Waals surface area contributed by atoms with Crippen molar-refractivity contribution in [2.45, 2.75) is 57.2 Å². The van der Waals surface area contributed by atoms with E-state index >= 15 is 0 Å². The molecule has 2 fully saturated rings. The molecule has 1 atom stereocenters. The third-order valence-electron chi connectivity index (χ3n) is 5.84. The fourth-order valence-electron chi connectivity index (χ4n) is 4.07. The highest BCUT2D eigenvalue weighted by atomic mass is 16.3. The minimum Gasteiger partial charge on any atom is -0.393 e. The Kier molecular flexibility index (Phi) is 5.62. The molecular formula is C21H27N5O3. The topological polar surface area (TPSA) is 107 Å². The zero-order valence-electron chi connectivity index (χ0n) is 16.6. The standard InChI is InChI=1S/C21H27N5O3/c1-13(27)26-9-8-17(12-26)23-20(29)14-2-3-15-11-22-21(25-19(15)10-14)24-16-4-6-18(28)7-5-16/h2-3,10-11,16-18,28H,4-9,12H2,1H3,(H,23,29)(H,22,24,25)/t16?,17-,18?/m1/s1. The molecule has 2 amide bonds. The summed E-state index contributed by atoms with van der Waals surface area (Å²) in [5, 5.41) is 16.9. The molecule has 2 heterocycles. The van der Waals surface area contributed by atoms with Crippen LogP contribution in [0.4, 0.5) is 5.95 Å². The van der Waals surface area contributed by atoms with E-state index < -0.39 is 0 Å². The molecule has 2 aromatic rings. The highest BCUT2D eigenvalue weighted by molar-refractivity contribution is 5.98. The molecule has 8 nitrogen and oxygen atoms in total. The quantitative estimate of drug-likeness (QED) is 0.725. The number of aliphatic hydroxyl groups is 1. The summed E-state index contributed by atoms with van der Waals surface area (Å²) < 4.78 is 0. The highest BCUT2D eigenvalue weighted by Gasteiger charge is 2.25. The van der Waals surface area contributed by atoms with Crippen LogP contribution in [0.2, 0.25) is 0 Å². The Hall–Kier alpha value is -2.74. The summed E-state index contributed by atoms with van der Waals surface area (Å²) in [5.41, 5.74) is 1.26. The Labute approximate surface area is 169 Å². The first-order valence-corrected chi connectivity index (χ1v) is 10.3. The van der Waals surface area contributed by atoms with Crippen molar-refractivity contribution in [3.63, 3.8) is 0 Å². The normalized spacial score (nSPS) is 24.5. The summed E-state index contributed by atoms with van der Waals surface area (Å²) in [4.78, 5) is 34.8. The van der Waals surface area contributed by atoms with Crippen LogP contribution in [0.3, 0.4) is 0 Å². The SMILES string of the molecule is CC(=O)N1CC[C@@H](NC(=O)c2ccc3cnc(NC4CCC(O)CC4)nc3c2)C1. The van der Waals surface area contributed by atoms with Crippen molar-refractivity contribution in [3.05, 3.63) is 30.0 Å². The Morgan fingerprint density at radius 1 is 1.14 bits per heavy atom. The number of carbonyl (C=O) groups is 2. The van der Waals surface area contributed by atoms with Crippen LogP contribution < -0.4 is 10.6 Å². The van der Waals surface area contributed by atoms with Gasteiger partial charge >= 0.3 is 0 Å². The van der Waals surface area contributed by atoms with Crippen LogP contribution in [0.5, 0.6) is 0 Å². The molecule has 3 N–H and O–H groups in total. The van der Waals surface area contributed by atoms with E-state index in [1.54, 1.807) is 30.2 Å². The molecule has 29 heavy (non-hydrogen) atoms. The van der Waals surface area contributed by atoms with Gasteiger partial charge in [0.1, 0.15) is 0 Å². The third-order valence-corrected chi connectivity index (χ3v) is 5.84. The van der Waals surface area contributed by atoms with Crippen LogP contribution in [0.25, 0.3) is 10.9 Å². The van der Waals surface area contributed by atoms with Crippen molar-refractivity contribution < 1.29 is 14.7 Å². The summed E-state index contributed by atoms with van der Waals surface area (Å²) in [7, 11) is 0. The fraction of sp³-hybridized carbons (Fsp3) is 0.524. The molecule has 2 aliphatic rings. The zero-order chi connectivity index (χ0) is 20.4. The number of aromatic nitrogens is 2. The lowest BCUT2D eigenvalue weighted by molar-refractivity contribution is -0.127. The number of fused-ring (bicyclic) bond motifs is 1. The molecule has 8 heteroatoms. The van der Waals surface area contributed by atoms with Crippen molar-refractivity contribution in [1.82, 2.24) is 20.2 Å². The molecule has 1 aromatic heterocycles. The molecule has 1 saturated carbocycles. The number of likely N-dealkylation sites (tertiary alicyclic amines) is 1. The summed E-state index contributed by atoms with van der Waals surface area (Å²) in [6.45, 7) is 2.79. The minimum absolute atomic E-state index is 0.0219. The van der Waals surface area contributed by atoms with Crippen molar-refractivity contribution in [2.24, 2.45) is 0 Å². The number of amides is 2. The molecule has 1 aliphatic carbocycles. The number of nitrogens with zero attached hydrogens (tertiary/aromatic N) is 3. The lowest BCUT2D eigenvalue weighted by Crippen LogP contribution is -2.38. The third kappa shape index (κ3) is 4.64. The lowest BCUT2D eigenvalue weighted by atomic mass is 9.93. The van der Waals surface area contributed by atoms with Gasteiger partial charge in [-0.2, -0.15) is 0 Å². The number of hydrogen-bond acceptors (Lipinski definition) is 6. The van der Waals surface area contributed by atoms with Crippen LogP contribution in [0.1, 0.15) is 49.4 Å². The van der Waals surface area contributed by atoms with Crippen molar-refractivity contribution in [2.75, 3.05) is 18.4 Å². The van der Waals surface area contributed by atoms with Crippen molar-refractivity contribution >= 4 is 28.7 Å². The van der Waals surface area contributed by atoms with Crippen LogP contribution >= 0.6 is 0 Å². The molecule has 4 rings (SSSR count). The number of aliphatic hydroxyl groups excluding tert-OH is 1. The fourth-order valence-corrected chi connectivity index (χ4v) is 4.07. The number of benzene rings is 1. The van der Waals surface area contributed by atoms with Gasteiger partial charge in [-0.05, 0) is 44.2 Å². The predicted octanol–water partition coefficient (Wildman–Crippen LogP) is 1.70. The number of nitrogens with one attached hydrogen (secondary N) is 2.